The monoisotopic (exact) mass is 1120 g/mol. The number of nitriles is 1. The molecule has 6 aromatic rings. The van der Waals surface area contributed by atoms with E-state index < -0.39 is 39.1 Å². The van der Waals surface area contributed by atoms with Crippen molar-refractivity contribution in [3.63, 3.8) is 0 Å². The summed E-state index contributed by atoms with van der Waals surface area (Å²) in [5, 5.41) is 9.61. The van der Waals surface area contributed by atoms with Gasteiger partial charge in [0.1, 0.15) is 36.3 Å². The molecule has 2 fully saturated rings. The quantitative estimate of drug-likeness (QED) is 0.0302. The standard InChI is InChI=1S/C25H32N7O6P.C24H32ClN6O6P/c1-3-13-37-23-21-22(29-25(27)30-23)31(16-28-21)12-14-35-17-39(34,38-19-9-7-18(15-26)8-10-19)32-11-5-6-20(32)24(33)36-4-2;1-3-13-36-22-20-21(28-24(26)29-22)30(15-27-20)12-14-34-16-38(33,37-18-9-7-17(25)8-10-18)31-11-5-6-19(31)23(32)35-4-2/h7-10,16,20H,3-6,11-14,17H2,1-2H3,(H2,27,29,30);7-10,15,19H,3-6,11-14,16H2,1-2H3,(H2,26,28,29)/t20-,39?;19-,38?/m00/s1. The van der Waals surface area contributed by atoms with Gasteiger partial charge in [0.2, 0.25) is 23.7 Å². The molecule has 8 rings (SSSR count). The second kappa shape index (κ2) is 27.6. The van der Waals surface area contributed by atoms with Gasteiger partial charge in [0, 0.05) is 31.2 Å². The number of ether oxygens (including phenoxy) is 6. The Morgan fingerprint density at radius 1 is 0.662 bits per heavy atom. The Kier molecular flexibility index (Phi) is 20.8. The van der Waals surface area contributed by atoms with E-state index in [1.54, 1.807) is 93.5 Å². The van der Waals surface area contributed by atoms with Gasteiger partial charge in [0.25, 0.3) is 0 Å². The Bertz CT molecular complexity index is 3070. The van der Waals surface area contributed by atoms with Crippen LogP contribution in [0.2, 0.25) is 5.02 Å². The van der Waals surface area contributed by atoms with Gasteiger partial charge in [-0.1, -0.05) is 25.4 Å². The molecule has 0 aliphatic carbocycles. The van der Waals surface area contributed by atoms with E-state index in [4.69, 9.17) is 65.8 Å². The highest BCUT2D eigenvalue weighted by molar-refractivity contribution is 7.57. The van der Waals surface area contributed by atoms with Crippen LogP contribution < -0.4 is 30.0 Å². The fourth-order valence-corrected chi connectivity index (χ4v) is 12.9. The smallest absolute Gasteiger partial charge is 0.345 e. The van der Waals surface area contributed by atoms with E-state index in [1.165, 1.54) is 0 Å². The molecule has 28 heteroatoms. The van der Waals surface area contributed by atoms with Crippen molar-refractivity contribution in [2.45, 2.75) is 91.4 Å². The van der Waals surface area contributed by atoms with Gasteiger partial charge in [0.15, 0.2) is 22.3 Å². The number of nitrogens with two attached hydrogens (primary N) is 2. The molecule has 77 heavy (non-hydrogen) atoms. The lowest BCUT2D eigenvalue weighted by molar-refractivity contribution is -0.147. The molecule has 414 valence electrons. The molecule has 2 aliphatic rings. The molecule has 4 atom stereocenters. The number of carbonyl (C=O) groups is 2. The predicted molar refractivity (Wildman–Crippen MR) is 284 cm³/mol. The summed E-state index contributed by atoms with van der Waals surface area (Å²) in [6.07, 6.45) is 6.67. The summed E-state index contributed by atoms with van der Waals surface area (Å²) < 4.78 is 80.6. The van der Waals surface area contributed by atoms with E-state index in [-0.39, 0.29) is 51.0 Å². The van der Waals surface area contributed by atoms with Crippen LogP contribution in [0.4, 0.5) is 11.9 Å². The van der Waals surface area contributed by atoms with E-state index in [9.17, 15) is 18.7 Å². The summed E-state index contributed by atoms with van der Waals surface area (Å²) in [7, 11) is -7.34. The summed E-state index contributed by atoms with van der Waals surface area (Å²) in [4.78, 5) is 50.8. The number of rotatable bonds is 26. The second-order valence-electron chi connectivity index (χ2n) is 17.5. The van der Waals surface area contributed by atoms with Crippen LogP contribution in [0, 0.1) is 11.3 Å². The third-order valence-electron chi connectivity index (χ3n) is 11.9. The van der Waals surface area contributed by atoms with E-state index in [0.29, 0.717) is 121 Å². The Labute approximate surface area is 450 Å². The average Bonchev–Trinajstić information content (AvgIpc) is 4.28. The SMILES string of the molecule is CCCOc1nc(N)nc2c1ncn2CCOCP(=O)(Oc1ccc(C#N)cc1)N1CCC[C@H]1C(=O)OCC.CCCOc1nc(N)nc2c1ncn2CCOCP(=O)(Oc1ccc(Cl)cc1)N1CCC[C@H]1C(=O)OCC. The van der Waals surface area contributed by atoms with Crippen molar-refractivity contribution >= 4 is 72.8 Å². The molecule has 0 spiro atoms. The van der Waals surface area contributed by atoms with Gasteiger partial charge in [-0.05, 0) is 101 Å². The van der Waals surface area contributed by atoms with Crippen LogP contribution in [0.3, 0.4) is 0 Å². The van der Waals surface area contributed by atoms with Crippen LogP contribution in [-0.2, 0) is 50.8 Å². The summed E-state index contributed by atoms with van der Waals surface area (Å²) in [5.41, 5.74) is 14.2. The first kappa shape index (κ1) is 58.1. The van der Waals surface area contributed by atoms with E-state index in [0.717, 1.165) is 12.8 Å². The number of benzene rings is 2. The lowest BCUT2D eigenvalue weighted by atomic mass is 10.2. The molecular weight excluding hydrogens is 1060 g/mol. The molecule has 2 aromatic carbocycles. The fraction of sp³-hybridized carbons (Fsp3) is 0.490. The Morgan fingerprint density at radius 2 is 1.09 bits per heavy atom. The molecule has 25 nitrogen and oxygen atoms in total. The van der Waals surface area contributed by atoms with Crippen molar-refractivity contribution in [3.05, 3.63) is 71.8 Å². The number of esters is 2. The summed E-state index contributed by atoms with van der Waals surface area (Å²) in [6, 6.07) is 13.5. The minimum atomic E-state index is -3.69. The largest absolute Gasteiger partial charge is 0.476 e. The highest BCUT2D eigenvalue weighted by atomic mass is 35.5. The van der Waals surface area contributed by atoms with Gasteiger partial charge >= 0.3 is 27.0 Å². The number of anilines is 2. The third kappa shape index (κ3) is 14.9. The molecular formula is C49H64ClN13O12P2. The zero-order chi connectivity index (χ0) is 55.0. The second-order valence-corrected chi connectivity index (χ2v) is 22.4. The maximum atomic E-state index is 14.3. The van der Waals surface area contributed by atoms with Crippen LogP contribution in [0.25, 0.3) is 22.3 Å². The van der Waals surface area contributed by atoms with Gasteiger partial charge in [-0.15, -0.1) is 0 Å². The van der Waals surface area contributed by atoms with Crippen molar-refractivity contribution in [2.75, 3.05) is 76.9 Å². The van der Waals surface area contributed by atoms with Crippen LogP contribution in [0.5, 0.6) is 23.3 Å². The highest BCUT2D eigenvalue weighted by Crippen LogP contribution is 2.56. The van der Waals surface area contributed by atoms with Crippen LogP contribution in [-0.4, -0.2) is 138 Å². The lowest BCUT2D eigenvalue weighted by Crippen LogP contribution is -2.37. The number of nitrogens with zero attached hydrogens (tertiary/aromatic N) is 11. The lowest BCUT2D eigenvalue weighted by Gasteiger charge is -2.31. The number of nitrogen functional groups attached to an aromatic ring is 2. The minimum absolute atomic E-state index is 0.0654. The zero-order valence-corrected chi connectivity index (χ0v) is 45.9. The molecule has 0 amide bonds. The molecule has 0 radical (unpaired) electrons. The van der Waals surface area contributed by atoms with Gasteiger partial charge in [-0.25, -0.2) is 19.3 Å². The number of aromatic nitrogens is 8. The number of carbonyl (C=O) groups excluding carboxylic acids is 2. The Hall–Kier alpha value is -6.64. The van der Waals surface area contributed by atoms with E-state index in [2.05, 4.69) is 29.9 Å². The first-order valence-corrected chi connectivity index (χ1v) is 29.2. The van der Waals surface area contributed by atoms with Gasteiger partial charge in [-0.3, -0.25) is 18.7 Å². The summed E-state index contributed by atoms with van der Waals surface area (Å²) in [5.74, 6) is 0.593. The average molecular weight is 1120 g/mol. The first-order valence-electron chi connectivity index (χ1n) is 25.3. The number of hydrogen-bond donors (Lipinski definition) is 2. The molecule has 4 aromatic heterocycles. The Morgan fingerprint density at radius 3 is 1.49 bits per heavy atom. The molecule has 2 aliphatic heterocycles. The Balaban J connectivity index is 0.000000224. The normalized spacial score (nSPS) is 17.2. The molecule has 6 heterocycles. The topological polar surface area (TPSA) is 312 Å². The molecule has 4 N–H and O–H groups in total. The maximum absolute atomic E-state index is 14.3. The fourth-order valence-electron chi connectivity index (χ4n) is 8.39. The van der Waals surface area contributed by atoms with E-state index in [1.807, 2.05) is 19.9 Å². The summed E-state index contributed by atoms with van der Waals surface area (Å²) in [6.45, 7) is 10.7. The molecule has 2 unspecified atom stereocenters. The minimum Gasteiger partial charge on any atom is -0.476 e. The van der Waals surface area contributed by atoms with Crippen molar-refractivity contribution in [1.29, 1.82) is 5.26 Å². The molecule has 2 saturated heterocycles. The number of halogens is 1. The number of imidazole rings is 2. The van der Waals surface area contributed by atoms with Gasteiger partial charge < -0.3 is 58.1 Å². The van der Waals surface area contributed by atoms with Gasteiger partial charge in [0.05, 0.1) is 63.9 Å². The van der Waals surface area contributed by atoms with Gasteiger partial charge in [-0.2, -0.15) is 25.2 Å². The third-order valence-corrected chi connectivity index (χ3v) is 16.7. The summed E-state index contributed by atoms with van der Waals surface area (Å²) >= 11 is 5.99. The predicted octanol–water partition coefficient (Wildman–Crippen LogP) is 7.47. The first-order chi connectivity index (χ1) is 37.2. The highest BCUT2D eigenvalue weighted by Gasteiger charge is 2.46. The number of fused-ring (bicyclic) bond motifs is 2. The van der Waals surface area contributed by atoms with Crippen molar-refractivity contribution in [1.82, 2.24) is 48.4 Å². The molecule has 0 bridgehead atoms. The molecule has 0 saturated carbocycles. The van der Waals surface area contributed by atoms with E-state index >= 15 is 0 Å². The van der Waals surface area contributed by atoms with Crippen LogP contribution in [0.1, 0.15) is 71.8 Å². The number of hydrogen-bond acceptors (Lipinski definition) is 21. The van der Waals surface area contributed by atoms with Crippen molar-refractivity contribution in [3.8, 4) is 29.3 Å². The maximum Gasteiger partial charge on any atom is 0.345 e. The van der Waals surface area contributed by atoms with Crippen LogP contribution in [0.15, 0.2) is 61.2 Å². The van der Waals surface area contributed by atoms with Crippen LogP contribution >= 0.6 is 26.6 Å². The van der Waals surface area contributed by atoms with Crippen molar-refractivity contribution in [2.24, 2.45) is 0 Å². The zero-order valence-electron chi connectivity index (χ0n) is 43.4. The van der Waals surface area contributed by atoms with Crippen molar-refractivity contribution < 1.29 is 56.2 Å².